The molecule has 0 saturated carbocycles. The normalized spacial score (nSPS) is 10.7. The molecule has 2 heterocycles. The molecule has 1 aromatic carbocycles. The number of hydrogen-bond donors (Lipinski definition) is 0. The summed E-state index contributed by atoms with van der Waals surface area (Å²) in [6.45, 7) is 1.86. The Bertz CT molecular complexity index is 764. The highest BCUT2D eigenvalue weighted by molar-refractivity contribution is 5.81. The van der Waals surface area contributed by atoms with E-state index in [-0.39, 0.29) is 11.5 Å². The third kappa shape index (κ3) is 1.68. The summed E-state index contributed by atoms with van der Waals surface area (Å²) in [5.41, 5.74) is 1.67. The maximum absolute atomic E-state index is 12.0. The van der Waals surface area contributed by atoms with Gasteiger partial charge in [-0.2, -0.15) is 0 Å². The van der Waals surface area contributed by atoms with Crippen molar-refractivity contribution in [3.05, 3.63) is 58.6 Å². The van der Waals surface area contributed by atoms with Crippen molar-refractivity contribution in [2.75, 3.05) is 0 Å². The summed E-state index contributed by atoms with van der Waals surface area (Å²) in [4.78, 5) is 20.4. The second-order valence-corrected chi connectivity index (χ2v) is 3.99. The largest absolute Gasteiger partial charge is 0.401 e. The summed E-state index contributed by atoms with van der Waals surface area (Å²) in [6.07, 6.45) is 1.64. The van der Waals surface area contributed by atoms with Crippen LogP contribution in [0.25, 0.3) is 22.5 Å². The Hall–Kier alpha value is -2.49. The van der Waals surface area contributed by atoms with E-state index in [4.69, 9.17) is 4.42 Å². The SMILES string of the molecule is Cc1cccc2nc(-c3ccccn3)oc(=O)c12. The van der Waals surface area contributed by atoms with Crippen LogP contribution in [0, 0.1) is 6.92 Å². The van der Waals surface area contributed by atoms with Gasteiger partial charge in [0.15, 0.2) is 0 Å². The van der Waals surface area contributed by atoms with Crippen LogP contribution in [-0.2, 0) is 0 Å². The van der Waals surface area contributed by atoms with Gasteiger partial charge >= 0.3 is 5.63 Å². The zero-order chi connectivity index (χ0) is 12.5. The fraction of sp³-hybridized carbons (Fsp3) is 0.0714. The average molecular weight is 238 g/mol. The summed E-state index contributed by atoms with van der Waals surface area (Å²) in [5.74, 6) is 0.249. The maximum Gasteiger partial charge on any atom is 0.347 e. The standard InChI is InChI=1S/C14H10N2O2/c1-9-5-4-7-10-12(9)14(17)18-13(16-10)11-6-2-3-8-15-11/h2-8H,1H3. The van der Waals surface area contributed by atoms with Gasteiger partial charge in [-0.3, -0.25) is 4.98 Å². The minimum atomic E-state index is -0.376. The molecule has 88 valence electrons. The van der Waals surface area contributed by atoms with Gasteiger partial charge in [0.1, 0.15) is 5.69 Å². The first-order valence-electron chi connectivity index (χ1n) is 5.57. The van der Waals surface area contributed by atoms with Gasteiger partial charge in [-0.1, -0.05) is 18.2 Å². The summed E-state index contributed by atoms with van der Waals surface area (Å²) < 4.78 is 5.23. The Morgan fingerprint density at radius 1 is 1.11 bits per heavy atom. The lowest BCUT2D eigenvalue weighted by molar-refractivity contribution is 0.516. The molecule has 0 aliphatic heterocycles. The first-order valence-corrected chi connectivity index (χ1v) is 5.57. The minimum Gasteiger partial charge on any atom is -0.401 e. The zero-order valence-corrected chi connectivity index (χ0v) is 9.75. The Labute approximate surface area is 103 Å². The lowest BCUT2D eigenvalue weighted by Crippen LogP contribution is -2.05. The molecule has 0 aliphatic rings. The molecule has 0 aliphatic carbocycles. The molecule has 0 unspecified atom stereocenters. The van der Waals surface area contributed by atoms with Crippen molar-refractivity contribution in [3.63, 3.8) is 0 Å². The van der Waals surface area contributed by atoms with Gasteiger partial charge in [0, 0.05) is 6.20 Å². The van der Waals surface area contributed by atoms with E-state index in [1.807, 2.05) is 25.1 Å². The van der Waals surface area contributed by atoms with Gasteiger partial charge in [0.25, 0.3) is 0 Å². The Morgan fingerprint density at radius 3 is 2.78 bits per heavy atom. The van der Waals surface area contributed by atoms with Crippen LogP contribution >= 0.6 is 0 Å². The fourth-order valence-corrected chi connectivity index (χ4v) is 1.88. The molecule has 3 rings (SSSR count). The van der Waals surface area contributed by atoms with Crippen molar-refractivity contribution in [3.8, 4) is 11.6 Å². The van der Waals surface area contributed by atoms with Crippen molar-refractivity contribution in [1.82, 2.24) is 9.97 Å². The van der Waals surface area contributed by atoms with Gasteiger partial charge in [-0.25, -0.2) is 9.78 Å². The molecule has 0 bridgehead atoms. The lowest BCUT2D eigenvalue weighted by Gasteiger charge is -2.02. The van der Waals surface area contributed by atoms with Crippen molar-refractivity contribution in [2.45, 2.75) is 6.92 Å². The van der Waals surface area contributed by atoms with E-state index in [2.05, 4.69) is 9.97 Å². The highest BCUT2D eigenvalue weighted by Gasteiger charge is 2.10. The molecule has 0 fully saturated rings. The van der Waals surface area contributed by atoms with E-state index in [0.29, 0.717) is 16.6 Å². The molecule has 0 radical (unpaired) electrons. The maximum atomic E-state index is 12.0. The summed E-state index contributed by atoms with van der Waals surface area (Å²) in [6, 6.07) is 10.9. The molecule has 0 N–H and O–H groups in total. The molecule has 18 heavy (non-hydrogen) atoms. The van der Waals surface area contributed by atoms with Gasteiger partial charge < -0.3 is 4.42 Å². The first-order chi connectivity index (χ1) is 8.75. The highest BCUT2D eigenvalue weighted by atomic mass is 16.4. The van der Waals surface area contributed by atoms with Gasteiger partial charge in [0.05, 0.1) is 10.9 Å². The number of rotatable bonds is 1. The predicted octanol–water partition coefficient (Wildman–Crippen LogP) is 2.56. The number of aromatic nitrogens is 2. The average Bonchev–Trinajstić information content (AvgIpc) is 2.39. The number of hydrogen-bond acceptors (Lipinski definition) is 4. The van der Waals surface area contributed by atoms with E-state index >= 15 is 0 Å². The molecular formula is C14H10N2O2. The Balaban J connectivity index is 2.33. The van der Waals surface area contributed by atoms with Crippen molar-refractivity contribution in [2.24, 2.45) is 0 Å². The van der Waals surface area contributed by atoms with Crippen LogP contribution in [0.1, 0.15) is 5.56 Å². The second-order valence-electron chi connectivity index (χ2n) is 3.99. The highest BCUT2D eigenvalue weighted by Crippen LogP contribution is 2.17. The van der Waals surface area contributed by atoms with E-state index in [9.17, 15) is 4.79 Å². The second kappa shape index (κ2) is 4.07. The monoisotopic (exact) mass is 238 g/mol. The van der Waals surface area contributed by atoms with Gasteiger partial charge in [-0.05, 0) is 30.7 Å². The fourth-order valence-electron chi connectivity index (χ4n) is 1.88. The molecule has 0 saturated heterocycles. The minimum absolute atomic E-state index is 0.249. The topological polar surface area (TPSA) is 56.0 Å². The van der Waals surface area contributed by atoms with Crippen LogP contribution in [0.4, 0.5) is 0 Å². The number of fused-ring (bicyclic) bond motifs is 1. The Morgan fingerprint density at radius 2 is 2.00 bits per heavy atom. The third-order valence-corrected chi connectivity index (χ3v) is 2.75. The molecule has 0 atom stereocenters. The molecule has 4 nitrogen and oxygen atoms in total. The quantitative estimate of drug-likeness (QED) is 0.653. The van der Waals surface area contributed by atoms with Crippen LogP contribution < -0.4 is 5.63 Å². The summed E-state index contributed by atoms with van der Waals surface area (Å²) in [5, 5.41) is 0.525. The van der Waals surface area contributed by atoms with Crippen molar-refractivity contribution in [1.29, 1.82) is 0 Å². The van der Waals surface area contributed by atoms with Crippen LogP contribution in [0.3, 0.4) is 0 Å². The number of aryl methyl sites for hydroxylation is 1. The molecule has 0 amide bonds. The van der Waals surface area contributed by atoms with Crippen molar-refractivity contribution >= 4 is 10.9 Å². The molecular weight excluding hydrogens is 228 g/mol. The molecule has 0 spiro atoms. The van der Waals surface area contributed by atoms with Gasteiger partial charge in [-0.15, -0.1) is 0 Å². The summed E-state index contributed by atoms with van der Waals surface area (Å²) >= 11 is 0. The predicted molar refractivity (Wildman–Crippen MR) is 68.2 cm³/mol. The van der Waals surface area contributed by atoms with Crippen LogP contribution in [-0.4, -0.2) is 9.97 Å². The van der Waals surface area contributed by atoms with E-state index in [1.54, 1.807) is 24.4 Å². The third-order valence-electron chi connectivity index (χ3n) is 2.75. The van der Waals surface area contributed by atoms with Crippen LogP contribution in [0.15, 0.2) is 51.8 Å². The Kier molecular flexibility index (Phi) is 2.41. The van der Waals surface area contributed by atoms with E-state index in [1.165, 1.54) is 0 Å². The molecule has 2 aromatic heterocycles. The zero-order valence-electron chi connectivity index (χ0n) is 9.75. The summed E-state index contributed by atoms with van der Waals surface area (Å²) in [7, 11) is 0. The molecule has 4 heteroatoms. The van der Waals surface area contributed by atoms with Gasteiger partial charge in [0.2, 0.25) is 5.89 Å². The smallest absolute Gasteiger partial charge is 0.347 e. The molecule has 3 aromatic rings. The van der Waals surface area contributed by atoms with Crippen molar-refractivity contribution < 1.29 is 4.42 Å². The number of pyridine rings is 1. The van der Waals surface area contributed by atoms with Crippen LogP contribution in [0.2, 0.25) is 0 Å². The number of nitrogens with zero attached hydrogens (tertiary/aromatic N) is 2. The van der Waals surface area contributed by atoms with E-state index in [0.717, 1.165) is 5.56 Å². The lowest BCUT2D eigenvalue weighted by atomic mass is 10.1. The number of benzene rings is 1. The first kappa shape index (κ1) is 10.7. The van der Waals surface area contributed by atoms with Crippen LogP contribution in [0.5, 0.6) is 0 Å². The van der Waals surface area contributed by atoms with E-state index < -0.39 is 0 Å².